The van der Waals surface area contributed by atoms with Gasteiger partial charge in [0.1, 0.15) is 4.88 Å². The molecule has 0 aliphatic rings. The van der Waals surface area contributed by atoms with Crippen LogP contribution in [0.5, 0.6) is 0 Å². The molecule has 2 aromatic rings. The second-order valence-electron chi connectivity index (χ2n) is 4.91. The highest BCUT2D eigenvalue weighted by Crippen LogP contribution is 2.20. The Morgan fingerprint density at radius 1 is 1.30 bits per heavy atom. The number of carbonyl (C=O) groups excluding carboxylic acids is 2. The summed E-state index contributed by atoms with van der Waals surface area (Å²) in [5.41, 5.74) is 0.999. The van der Waals surface area contributed by atoms with Crippen molar-refractivity contribution in [3.8, 4) is 0 Å². The lowest BCUT2D eigenvalue weighted by Gasteiger charge is -2.04. The predicted octanol–water partition coefficient (Wildman–Crippen LogP) is 3.02. The highest BCUT2D eigenvalue weighted by Gasteiger charge is 2.19. The Morgan fingerprint density at radius 2 is 2.00 bits per heavy atom. The van der Waals surface area contributed by atoms with Crippen molar-refractivity contribution in [2.45, 2.75) is 20.8 Å². The second kappa shape index (κ2) is 6.66. The Labute approximate surface area is 136 Å². The van der Waals surface area contributed by atoms with E-state index in [1.807, 2.05) is 0 Å². The van der Waals surface area contributed by atoms with E-state index in [-0.39, 0.29) is 11.3 Å². The number of hydrogen-bond acceptors (Lipinski definition) is 7. The van der Waals surface area contributed by atoms with E-state index in [0.29, 0.717) is 16.1 Å². The molecule has 0 spiro atoms. The lowest BCUT2D eigenvalue weighted by molar-refractivity contribution is -0.385. The summed E-state index contributed by atoms with van der Waals surface area (Å²) in [7, 11) is 0. The van der Waals surface area contributed by atoms with Crippen LogP contribution in [0.25, 0.3) is 0 Å². The fourth-order valence-electron chi connectivity index (χ4n) is 1.98. The van der Waals surface area contributed by atoms with E-state index in [4.69, 9.17) is 4.74 Å². The highest BCUT2D eigenvalue weighted by atomic mass is 32.1. The van der Waals surface area contributed by atoms with Gasteiger partial charge in [0.15, 0.2) is 6.61 Å². The number of nitrogens with zero attached hydrogens (tertiary/aromatic N) is 2. The number of thiazole rings is 1. The van der Waals surface area contributed by atoms with Gasteiger partial charge < -0.3 is 4.74 Å². The zero-order valence-electron chi connectivity index (χ0n) is 12.8. The number of ketones is 1. The van der Waals surface area contributed by atoms with Gasteiger partial charge in [-0.3, -0.25) is 14.9 Å². The van der Waals surface area contributed by atoms with E-state index in [0.717, 1.165) is 5.01 Å². The number of Topliss-reactive ketones (excluding diaryl/α,β-unsaturated/α-hetero) is 1. The number of carbonyl (C=O) groups is 2. The Kier molecular flexibility index (Phi) is 4.85. The molecular weight excluding hydrogens is 320 g/mol. The number of benzene rings is 1. The molecule has 0 saturated carbocycles. The van der Waals surface area contributed by atoms with Crippen LogP contribution in [-0.2, 0) is 4.74 Å². The lowest BCUT2D eigenvalue weighted by atomic mass is 10.1. The van der Waals surface area contributed by atoms with Crippen molar-refractivity contribution < 1.29 is 19.2 Å². The minimum atomic E-state index is -0.622. The minimum Gasteiger partial charge on any atom is -0.453 e. The molecule has 1 heterocycles. The first-order valence-electron chi connectivity index (χ1n) is 6.69. The van der Waals surface area contributed by atoms with Gasteiger partial charge in [0, 0.05) is 17.2 Å². The highest BCUT2D eigenvalue weighted by molar-refractivity contribution is 7.13. The summed E-state index contributed by atoms with van der Waals surface area (Å²) in [6, 6.07) is 4.15. The van der Waals surface area contributed by atoms with Crippen molar-refractivity contribution in [1.82, 2.24) is 4.98 Å². The van der Waals surface area contributed by atoms with Crippen LogP contribution in [0, 0.1) is 30.9 Å². The molecule has 0 amide bonds. The summed E-state index contributed by atoms with van der Waals surface area (Å²) in [4.78, 5) is 38.8. The second-order valence-corrected chi connectivity index (χ2v) is 6.11. The van der Waals surface area contributed by atoms with Crippen LogP contribution in [0.3, 0.4) is 0 Å². The normalized spacial score (nSPS) is 10.4. The number of hydrogen-bond donors (Lipinski definition) is 0. The first-order valence-corrected chi connectivity index (χ1v) is 7.50. The van der Waals surface area contributed by atoms with Crippen molar-refractivity contribution in [2.75, 3.05) is 6.61 Å². The smallest absolute Gasteiger partial charge is 0.350 e. The summed E-state index contributed by atoms with van der Waals surface area (Å²) in [6.45, 7) is 4.56. The average molecular weight is 334 g/mol. The standard InChI is InChI=1S/C15H14N2O5S/c1-8-4-5-11(6-12(8)17(20)21)13(18)7-22-15(19)14-9(2)16-10(3)23-14/h4-6H,7H2,1-3H3. The topological polar surface area (TPSA) is 99.4 Å². The van der Waals surface area contributed by atoms with Crippen LogP contribution in [0.1, 0.15) is 36.3 Å². The lowest BCUT2D eigenvalue weighted by Crippen LogP contribution is -2.14. The van der Waals surface area contributed by atoms with Crippen LogP contribution >= 0.6 is 11.3 Å². The summed E-state index contributed by atoms with van der Waals surface area (Å²) < 4.78 is 4.98. The summed E-state index contributed by atoms with van der Waals surface area (Å²) in [5, 5.41) is 11.6. The van der Waals surface area contributed by atoms with E-state index in [2.05, 4.69) is 4.98 Å². The third-order valence-electron chi connectivity index (χ3n) is 3.15. The Morgan fingerprint density at radius 3 is 2.57 bits per heavy atom. The van der Waals surface area contributed by atoms with Gasteiger partial charge in [0.05, 0.1) is 15.6 Å². The molecule has 0 unspecified atom stereocenters. The van der Waals surface area contributed by atoms with Crippen LogP contribution in [0.2, 0.25) is 0 Å². The molecule has 2 rings (SSSR count). The third-order valence-corrected chi connectivity index (χ3v) is 4.20. The molecule has 0 atom stereocenters. The van der Waals surface area contributed by atoms with Gasteiger partial charge in [0.25, 0.3) is 5.69 Å². The quantitative estimate of drug-likeness (QED) is 0.361. The molecule has 0 aliphatic carbocycles. The Hall–Kier alpha value is -2.61. The number of nitro benzene ring substituents is 1. The van der Waals surface area contributed by atoms with Crippen molar-refractivity contribution in [1.29, 1.82) is 0 Å². The van der Waals surface area contributed by atoms with Crippen molar-refractivity contribution in [2.24, 2.45) is 0 Å². The maximum atomic E-state index is 12.0. The molecule has 7 nitrogen and oxygen atoms in total. The van der Waals surface area contributed by atoms with E-state index < -0.39 is 23.3 Å². The summed E-state index contributed by atoms with van der Waals surface area (Å²) in [5.74, 6) is -1.12. The zero-order valence-corrected chi connectivity index (χ0v) is 13.6. The zero-order chi connectivity index (χ0) is 17.1. The molecule has 0 radical (unpaired) electrons. The number of aryl methyl sites for hydroxylation is 3. The number of esters is 1. The van der Waals surface area contributed by atoms with E-state index in [1.165, 1.54) is 29.5 Å². The van der Waals surface area contributed by atoms with Crippen LogP contribution in [0.15, 0.2) is 18.2 Å². The molecular formula is C15H14N2O5S. The van der Waals surface area contributed by atoms with E-state index in [1.54, 1.807) is 20.8 Å². The predicted molar refractivity (Wildman–Crippen MR) is 84.0 cm³/mol. The molecule has 1 aromatic carbocycles. The van der Waals surface area contributed by atoms with Gasteiger partial charge in [-0.15, -0.1) is 11.3 Å². The van der Waals surface area contributed by atoms with Crippen LogP contribution in [0.4, 0.5) is 5.69 Å². The number of nitro groups is 1. The third kappa shape index (κ3) is 3.78. The first kappa shape index (κ1) is 16.8. The van der Waals surface area contributed by atoms with Crippen LogP contribution in [-0.4, -0.2) is 28.3 Å². The average Bonchev–Trinajstić information content (AvgIpc) is 2.83. The number of rotatable bonds is 5. The number of ether oxygens (including phenoxy) is 1. The molecule has 8 heteroatoms. The largest absolute Gasteiger partial charge is 0.453 e. The van der Waals surface area contributed by atoms with Crippen molar-refractivity contribution in [3.05, 3.63) is 55.0 Å². The molecule has 120 valence electrons. The molecule has 0 N–H and O–H groups in total. The summed E-state index contributed by atoms with van der Waals surface area (Å²) in [6.07, 6.45) is 0. The fraction of sp³-hybridized carbons (Fsp3) is 0.267. The van der Waals surface area contributed by atoms with Gasteiger partial charge >= 0.3 is 5.97 Å². The van der Waals surface area contributed by atoms with E-state index >= 15 is 0 Å². The Balaban J connectivity index is 2.08. The van der Waals surface area contributed by atoms with Crippen LogP contribution < -0.4 is 0 Å². The molecule has 0 saturated heterocycles. The molecule has 23 heavy (non-hydrogen) atoms. The van der Waals surface area contributed by atoms with Gasteiger partial charge in [-0.05, 0) is 20.8 Å². The minimum absolute atomic E-state index is 0.132. The van der Waals surface area contributed by atoms with Gasteiger partial charge in [-0.2, -0.15) is 0 Å². The maximum absolute atomic E-state index is 12.0. The first-order chi connectivity index (χ1) is 10.8. The van der Waals surface area contributed by atoms with Gasteiger partial charge in [-0.25, -0.2) is 9.78 Å². The molecule has 0 bridgehead atoms. The monoisotopic (exact) mass is 334 g/mol. The van der Waals surface area contributed by atoms with Gasteiger partial charge in [-0.1, -0.05) is 12.1 Å². The van der Waals surface area contributed by atoms with Crippen molar-refractivity contribution in [3.63, 3.8) is 0 Å². The molecule has 0 aliphatic heterocycles. The fourth-order valence-corrected chi connectivity index (χ4v) is 2.79. The maximum Gasteiger partial charge on any atom is 0.350 e. The molecule has 1 aromatic heterocycles. The van der Waals surface area contributed by atoms with Crippen molar-refractivity contribution >= 4 is 28.8 Å². The Bertz CT molecular complexity index is 797. The van der Waals surface area contributed by atoms with Gasteiger partial charge in [0.2, 0.25) is 5.78 Å². The summed E-state index contributed by atoms with van der Waals surface area (Å²) >= 11 is 1.19. The van der Waals surface area contributed by atoms with E-state index in [9.17, 15) is 19.7 Å². The molecule has 0 fully saturated rings. The SMILES string of the molecule is Cc1nc(C)c(C(=O)OCC(=O)c2ccc(C)c([N+](=O)[O-])c2)s1. The number of aromatic nitrogens is 1.